The Morgan fingerprint density at radius 2 is 1.41 bits per heavy atom. The third-order valence-corrected chi connectivity index (χ3v) is 20.0. The quantitative estimate of drug-likeness (QED) is 0.203. The topological polar surface area (TPSA) is 127 Å². The summed E-state index contributed by atoms with van der Waals surface area (Å²) in [5.74, 6) is 0.939. The molecule has 320 valence electrons. The first-order valence-corrected chi connectivity index (χ1v) is 23.7. The number of carboxylic acid groups (broad SMARTS) is 2. The summed E-state index contributed by atoms with van der Waals surface area (Å²) < 4.78 is 28.3. The number of allylic oxidation sites excluding steroid dienone is 3. The molecule has 0 radical (unpaired) electrons. The van der Waals surface area contributed by atoms with E-state index in [0.717, 1.165) is 25.1 Å². The van der Waals surface area contributed by atoms with Gasteiger partial charge in [0.2, 0.25) is 10.0 Å². The van der Waals surface area contributed by atoms with Crippen LogP contribution in [0.3, 0.4) is 0 Å². The number of hydrogen-bond acceptors (Lipinski definition) is 6. The SMILES string of the molecule is C=C(C)[C@@H]1CC[C@]2(NCCN3CCN(S(=O)(=O)c4ccc(C(=O)O)cc4)CC3)CC[C@]3(C)[C@H](CCC4[C@@]5(C)CC=C(c6ccc(C(=O)O)cc6)C(C)(C)C5CC[C@]43C)C12. The third kappa shape index (κ3) is 6.69. The maximum atomic E-state index is 13.4. The molecule has 4 saturated carbocycles. The molecule has 2 aromatic carbocycles. The van der Waals surface area contributed by atoms with Crippen molar-refractivity contribution in [2.75, 3.05) is 39.3 Å². The molecule has 1 saturated heterocycles. The average Bonchev–Trinajstić information content (AvgIpc) is 3.58. The Morgan fingerprint density at radius 3 is 2.02 bits per heavy atom. The number of benzene rings is 2. The second-order valence-electron chi connectivity index (χ2n) is 20.8. The number of sulfonamides is 1. The largest absolute Gasteiger partial charge is 0.478 e. The second kappa shape index (κ2) is 14.9. The summed E-state index contributed by atoms with van der Waals surface area (Å²) in [4.78, 5) is 25.4. The zero-order chi connectivity index (χ0) is 42.3. The summed E-state index contributed by atoms with van der Waals surface area (Å²) in [6, 6.07) is 13.1. The minimum Gasteiger partial charge on any atom is -0.478 e. The fourth-order valence-electron chi connectivity index (χ4n) is 14.9. The van der Waals surface area contributed by atoms with Crippen LogP contribution in [0.25, 0.3) is 5.57 Å². The van der Waals surface area contributed by atoms with Crippen LogP contribution >= 0.6 is 0 Å². The van der Waals surface area contributed by atoms with Crippen LogP contribution in [-0.2, 0) is 10.0 Å². The zero-order valence-corrected chi connectivity index (χ0v) is 37.0. The monoisotopic (exact) mass is 825 g/mol. The molecule has 2 aromatic rings. The van der Waals surface area contributed by atoms with E-state index < -0.39 is 22.0 Å². The summed E-state index contributed by atoms with van der Waals surface area (Å²) in [6.45, 7) is 23.7. The maximum absolute atomic E-state index is 13.4. The van der Waals surface area contributed by atoms with Gasteiger partial charge in [0.25, 0.3) is 0 Å². The van der Waals surface area contributed by atoms with Gasteiger partial charge in [-0.1, -0.05) is 65.0 Å². The summed E-state index contributed by atoms with van der Waals surface area (Å²) in [6.07, 6.45) is 13.4. The number of aromatic carboxylic acids is 2. The van der Waals surface area contributed by atoms with Crippen LogP contribution in [-0.4, -0.2) is 84.6 Å². The number of nitrogens with zero attached hydrogens (tertiary/aromatic N) is 2. The van der Waals surface area contributed by atoms with Crippen molar-refractivity contribution in [1.82, 2.24) is 14.5 Å². The molecule has 5 aliphatic carbocycles. The molecule has 59 heavy (non-hydrogen) atoms. The highest BCUT2D eigenvalue weighted by atomic mass is 32.2. The standard InChI is InChI=1S/C49H67N3O6S/c1-32(2)37-18-23-49(50-26-27-51-28-30-52(31-29-51)59(57,58)36-14-12-35(13-15-36)44(55)56)25-24-47(6)39(42(37)49)16-17-41-46(5)21-19-38(33-8-10-34(11-9-33)43(53)54)45(3,4)40(46)20-22-48(41,47)7/h8-15,19,37,39-42,50H,1,16-18,20-31H2,2-7H3,(H,53,54)(H,55,56)/t37-,39+,40?,41?,42?,46-,47+,48+,49-/m0/s1. The van der Waals surface area contributed by atoms with Crippen LogP contribution in [0.15, 0.2) is 71.7 Å². The van der Waals surface area contributed by atoms with Crippen molar-refractivity contribution in [2.45, 2.75) is 110 Å². The maximum Gasteiger partial charge on any atom is 0.335 e. The molecular weight excluding hydrogens is 759 g/mol. The normalized spacial score (nSPS) is 37.0. The number of hydrogen-bond donors (Lipinski definition) is 3. The van der Waals surface area contributed by atoms with E-state index in [1.54, 1.807) is 12.1 Å². The minimum atomic E-state index is -3.69. The van der Waals surface area contributed by atoms with Crippen molar-refractivity contribution in [3.63, 3.8) is 0 Å². The Kier molecular flexibility index (Phi) is 10.7. The first-order valence-electron chi connectivity index (χ1n) is 22.3. The van der Waals surface area contributed by atoms with Crippen molar-refractivity contribution in [1.29, 1.82) is 0 Å². The Hall–Kier alpha value is -3.31. The molecule has 6 aliphatic rings. The molecule has 0 bridgehead atoms. The van der Waals surface area contributed by atoms with E-state index in [-0.39, 0.29) is 37.7 Å². The Bertz CT molecular complexity index is 2120. The molecule has 10 heteroatoms. The number of carboxylic acids is 2. The van der Waals surface area contributed by atoms with E-state index in [4.69, 9.17) is 0 Å². The predicted molar refractivity (Wildman–Crippen MR) is 233 cm³/mol. The van der Waals surface area contributed by atoms with Crippen LogP contribution in [0.5, 0.6) is 0 Å². The highest BCUT2D eigenvalue weighted by Gasteiger charge is 2.70. The van der Waals surface area contributed by atoms with Crippen molar-refractivity contribution in [3.8, 4) is 0 Å². The lowest BCUT2D eigenvalue weighted by atomic mass is 9.33. The van der Waals surface area contributed by atoms with Crippen molar-refractivity contribution in [2.24, 2.45) is 51.2 Å². The van der Waals surface area contributed by atoms with E-state index >= 15 is 0 Å². The van der Waals surface area contributed by atoms with E-state index in [1.165, 1.54) is 91.1 Å². The van der Waals surface area contributed by atoms with Crippen LogP contribution in [0.4, 0.5) is 0 Å². The molecule has 9 atom stereocenters. The van der Waals surface area contributed by atoms with Gasteiger partial charge < -0.3 is 15.5 Å². The Morgan fingerprint density at radius 1 is 0.780 bits per heavy atom. The van der Waals surface area contributed by atoms with Crippen LogP contribution in [0, 0.1) is 51.2 Å². The molecule has 5 fully saturated rings. The van der Waals surface area contributed by atoms with Gasteiger partial charge in [-0.15, -0.1) is 0 Å². The smallest absolute Gasteiger partial charge is 0.335 e. The van der Waals surface area contributed by atoms with E-state index in [9.17, 15) is 28.2 Å². The fraction of sp³-hybridized carbons (Fsp3) is 0.633. The van der Waals surface area contributed by atoms with E-state index in [0.29, 0.717) is 61.3 Å². The van der Waals surface area contributed by atoms with Crippen LogP contribution < -0.4 is 5.32 Å². The van der Waals surface area contributed by atoms with Gasteiger partial charge in [-0.05, 0) is 163 Å². The molecule has 3 N–H and O–H groups in total. The molecule has 0 spiro atoms. The second-order valence-corrected chi connectivity index (χ2v) is 22.7. The van der Waals surface area contributed by atoms with Gasteiger partial charge in [-0.2, -0.15) is 4.31 Å². The van der Waals surface area contributed by atoms with Crippen molar-refractivity contribution >= 4 is 27.5 Å². The summed E-state index contributed by atoms with van der Waals surface area (Å²) >= 11 is 0. The van der Waals surface area contributed by atoms with Gasteiger partial charge >= 0.3 is 11.9 Å². The molecule has 9 nitrogen and oxygen atoms in total. The summed E-state index contributed by atoms with van der Waals surface area (Å²) in [5, 5.41) is 23.0. The van der Waals surface area contributed by atoms with Crippen molar-refractivity contribution in [3.05, 3.63) is 83.4 Å². The molecular formula is C49H67N3O6S. The molecule has 1 heterocycles. The van der Waals surface area contributed by atoms with Crippen molar-refractivity contribution < 1.29 is 28.2 Å². The van der Waals surface area contributed by atoms with Gasteiger partial charge in [0.1, 0.15) is 0 Å². The number of fused-ring (bicyclic) bond motifs is 7. The number of rotatable bonds is 10. The molecule has 0 aromatic heterocycles. The van der Waals surface area contributed by atoms with Gasteiger partial charge in [0.15, 0.2) is 0 Å². The first kappa shape index (κ1) is 42.4. The fourth-order valence-corrected chi connectivity index (χ4v) is 16.3. The van der Waals surface area contributed by atoms with Crippen LogP contribution in [0.1, 0.15) is 126 Å². The summed E-state index contributed by atoms with van der Waals surface area (Å²) in [5.41, 5.74) is 5.01. The Labute approximate surface area is 352 Å². The summed E-state index contributed by atoms with van der Waals surface area (Å²) in [7, 11) is -3.69. The number of nitrogens with one attached hydrogen (secondary N) is 1. The highest BCUT2D eigenvalue weighted by Crippen LogP contribution is 2.76. The van der Waals surface area contributed by atoms with Gasteiger partial charge in [0, 0.05) is 44.8 Å². The number of carbonyl (C=O) groups is 2. The highest BCUT2D eigenvalue weighted by molar-refractivity contribution is 7.89. The van der Waals surface area contributed by atoms with Gasteiger partial charge in [-0.25, -0.2) is 18.0 Å². The van der Waals surface area contributed by atoms with E-state index in [1.807, 2.05) is 12.1 Å². The molecule has 8 rings (SSSR count). The Balaban J connectivity index is 0.963. The average molecular weight is 826 g/mol. The van der Waals surface area contributed by atoms with Gasteiger partial charge in [-0.3, -0.25) is 4.90 Å². The lowest BCUT2D eigenvalue weighted by Gasteiger charge is -2.72. The third-order valence-electron chi connectivity index (χ3n) is 18.1. The first-order chi connectivity index (χ1) is 27.8. The lowest BCUT2D eigenvalue weighted by Crippen LogP contribution is -2.68. The number of piperazine rings is 1. The lowest BCUT2D eigenvalue weighted by molar-refractivity contribution is -0.219. The van der Waals surface area contributed by atoms with Gasteiger partial charge in [0.05, 0.1) is 16.0 Å². The minimum absolute atomic E-state index is 0.0182. The van der Waals surface area contributed by atoms with Crippen LogP contribution in [0.2, 0.25) is 0 Å². The van der Waals surface area contributed by atoms with E-state index in [2.05, 4.69) is 64.4 Å². The molecule has 1 aliphatic heterocycles. The molecule has 0 amide bonds. The predicted octanol–water partition coefficient (Wildman–Crippen LogP) is 9.08. The zero-order valence-electron chi connectivity index (χ0n) is 36.2. The molecule has 3 unspecified atom stereocenters.